The highest BCUT2D eigenvalue weighted by atomic mass is 32.1. The molecule has 1 aromatic carbocycles. The van der Waals surface area contributed by atoms with E-state index in [9.17, 15) is 0 Å². The SMILES string of the molecule is CNC1CCC(C)CC1Cc1csc2ccccc12. The predicted molar refractivity (Wildman–Crippen MR) is 84.9 cm³/mol. The first-order valence-electron chi connectivity index (χ1n) is 7.40. The van der Waals surface area contributed by atoms with Gasteiger partial charge in [0.05, 0.1) is 0 Å². The van der Waals surface area contributed by atoms with Crippen molar-refractivity contribution in [2.24, 2.45) is 11.8 Å². The van der Waals surface area contributed by atoms with E-state index in [2.05, 4.69) is 48.9 Å². The molecule has 1 aliphatic carbocycles. The summed E-state index contributed by atoms with van der Waals surface area (Å²) in [6, 6.07) is 9.53. The molecule has 0 aliphatic heterocycles. The lowest BCUT2D eigenvalue weighted by Crippen LogP contribution is -2.39. The van der Waals surface area contributed by atoms with Gasteiger partial charge in [0.1, 0.15) is 0 Å². The first kappa shape index (κ1) is 13.1. The van der Waals surface area contributed by atoms with Crippen molar-refractivity contribution in [3.8, 4) is 0 Å². The molecule has 0 saturated heterocycles. The van der Waals surface area contributed by atoms with Crippen molar-refractivity contribution >= 4 is 21.4 Å². The summed E-state index contributed by atoms with van der Waals surface area (Å²) in [5, 5.41) is 7.38. The van der Waals surface area contributed by atoms with Crippen LogP contribution in [-0.4, -0.2) is 13.1 Å². The summed E-state index contributed by atoms with van der Waals surface area (Å²) in [6.45, 7) is 2.41. The molecular weight excluding hydrogens is 250 g/mol. The standard InChI is InChI=1S/C17H23NS/c1-12-7-8-16(18-2)13(9-12)10-14-11-19-17-6-4-3-5-15(14)17/h3-6,11-13,16,18H,7-10H2,1-2H3. The second kappa shape index (κ2) is 5.64. The molecule has 1 fully saturated rings. The lowest BCUT2D eigenvalue weighted by Gasteiger charge is -2.34. The zero-order chi connectivity index (χ0) is 13.2. The summed E-state index contributed by atoms with van der Waals surface area (Å²) >= 11 is 1.89. The van der Waals surface area contributed by atoms with E-state index in [0.29, 0.717) is 6.04 Å². The minimum atomic E-state index is 0.704. The van der Waals surface area contributed by atoms with Crippen molar-refractivity contribution in [3.63, 3.8) is 0 Å². The summed E-state index contributed by atoms with van der Waals surface area (Å²) in [4.78, 5) is 0. The molecule has 2 aromatic rings. The third-order valence-corrected chi connectivity index (χ3v) is 5.67. The molecule has 0 spiro atoms. The van der Waals surface area contributed by atoms with Crippen LogP contribution < -0.4 is 5.32 Å². The van der Waals surface area contributed by atoms with Crippen molar-refractivity contribution in [2.45, 2.75) is 38.6 Å². The van der Waals surface area contributed by atoms with Crippen molar-refractivity contribution in [2.75, 3.05) is 7.05 Å². The number of rotatable bonds is 3. The van der Waals surface area contributed by atoms with Gasteiger partial charge >= 0.3 is 0 Å². The summed E-state index contributed by atoms with van der Waals surface area (Å²) in [6.07, 6.45) is 5.33. The largest absolute Gasteiger partial charge is 0.317 e. The third-order valence-electron chi connectivity index (χ3n) is 4.66. The molecule has 1 saturated carbocycles. The quantitative estimate of drug-likeness (QED) is 0.870. The van der Waals surface area contributed by atoms with Crippen LogP contribution in [0, 0.1) is 11.8 Å². The Morgan fingerprint density at radius 2 is 2.11 bits per heavy atom. The number of thiophene rings is 1. The molecule has 3 unspecified atom stereocenters. The molecule has 1 nitrogen and oxygen atoms in total. The Morgan fingerprint density at radius 1 is 1.26 bits per heavy atom. The number of fused-ring (bicyclic) bond motifs is 1. The summed E-state index contributed by atoms with van der Waals surface area (Å²) in [7, 11) is 2.12. The average molecular weight is 273 g/mol. The lowest BCUT2D eigenvalue weighted by atomic mass is 9.76. The van der Waals surface area contributed by atoms with Gasteiger partial charge < -0.3 is 5.32 Å². The van der Waals surface area contributed by atoms with Gasteiger partial charge in [0.2, 0.25) is 0 Å². The predicted octanol–water partition coefficient (Wildman–Crippen LogP) is 4.47. The van der Waals surface area contributed by atoms with Crippen LogP contribution in [0.3, 0.4) is 0 Å². The second-order valence-electron chi connectivity index (χ2n) is 6.03. The van der Waals surface area contributed by atoms with Gasteiger partial charge in [-0.05, 0) is 67.0 Å². The third kappa shape index (κ3) is 2.70. The molecule has 1 aromatic heterocycles. The topological polar surface area (TPSA) is 12.0 Å². The normalized spacial score (nSPS) is 27.8. The molecule has 2 heteroatoms. The van der Waals surface area contributed by atoms with Gasteiger partial charge in [-0.2, -0.15) is 0 Å². The highest BCUT2D eigenvalue weighted by Crippen LogP contribution is 2.34. The zero-order valence-corrected chi connectivity index (χ0v) is 12.7. The molecule has 102 valence electrons. The number of nitrogens with one attached hydrogen (secondary N) is 1. The van der Waals surface area contributed by atoms with E-state index in [4.69, 9.17) is 0 Å². The number of hydrogen-bond acceptors (Lipinski definition) is 2. The fraction of sp³-hybridized carbons (Fsp3) is 0.529. The Bertz CT molecular complexity index is 545. The fourth-order valence-electron chi connectivity index (χ4n) is 3.58. The van der Waals surface area contributed by atoms with Gasteiger partial charge in [-0.15, -0.1) is 11.3 Å². The minimum Gasteiger partial charge on any atom is -0.317 e. The Hall–Kier alpha value is -0.860. The van der Waals surface area contributed by atoms with Gasteiger partial charge in [-0.1, -0.05) is 25.1 Å². The second-order valence-corrected chi connectivity index (χ2v) is 6.95. The number of hydrogen-bond donors (Lipinski definition) is 1. The maximum atomic E-state index is 3.54. The molecule has 0 amide bonds. The van der Waals surface area contributed by atoms with E-state index in [0.717, 1.165) is 11.8 Å². The maximum Gasteiger partial charge on any atom is 0.0345 e. The Kier molecular flexibility index (Phi) is 3.90. The maximum absolute atomic E-state index is 3.54. The van der Waals surface area contributed by atoms with Crippen molar-refractivity contribution in [1.82, 2.24) is 5.32 Å². The minimum absolute atomic E-state index is 0.704. The van der Waals surface area contributed by atoms with Crippen LogP contribution >= 0.6 is 11.3 Å². The van der Waals surface area contributed by atoms with Crippen molar-refractivity contribution < 1.29 is 0 Å². The van der Waals surface area contributed by atoms with Crippen LogP contribution in [0.25, 0.3) is 10.1 Å². The van der Waals surface area contributed by atoms with Crippen LogP contribution in [-0.2, 0) is 6.42 Å². The van der Waals surface area contributed by atoms with Crippen LogP contribution in [0.5, 0.6) is 0 Å². The zero-order valence-electron chi connectivity index (χ0n) is 11.9. The van der Waals surface area contributed by atoms with E-state index in [1.165, 1.54) is 35.8 Å². The van der Waals surface area contributed by atoms with Crippen molar-refractivity contribution in [1.29, 1.82) is 0 Å². The van der Waals surface area contributed by atoms with Crippen LogP contribution in [0.1, 0.15) is 31.7 Å². The Labute approximate surface area is 120 Å². The summed E-state index contributed by atoms with van der Waals surface area (Å²) < 4.78 is 1.43. The molecule has 3 atom stereocenters. The molecule has 3 rings (SSSR count). The molecule has 1 aliphatic rings. The van der Waals surface area contributed by atoms with E-state index in [-0.39, 0.29) is 0 Å². The smallest absolute Gasteiger partial charge is 0.0345 e. The first-order valence-corrected chi connectivity index (χ1v) is 8.28. The molecule has 1 N–H and O–H groups in total. The first-order chi connectivity index (χ1) is 9.28. The van der Waals surface area contributed by atoms with Crippen LogP contribution in [0.2, 0.25) is 0 Å². The molecule has 0 bridgehead atoms. The summed E-state index contributed by atoms with van der Waals surface area (Å²) in [5.41, 5.74) is 1.56. The van der Waals surface area contributed by atoms with E-state index >= 15 is 0 Å². The highest BCUT2D eigenvalue weighted by Gasteiger charge is 2.28. The van der Waals surface area contributed by atoms with Gasteiger partial charge in [0, 0.05) is 10.7 Å². The van der Waals surface area contributed by atoms with Crippen LogP contribution in [0.4, 0.5) is 0 Å². The van der Waals surface area contributed by atoms with Gasteiger partial charge in [0.15, 0.2) is 0 Å². The van der Waals surface area contributed by atoms with Gasteiger partial charge in [-0.3, -0.25) is 0 Å². The Balaban J connectivity index is 1.83. The molecule has 19 heavy (non-hydrogen) atoms. The van der Waals surface area contributed by atoms with Gasteiger partial charge in [-0.25, -0.2) is 0 Å². The van der Waals surface area contributed by atoms with E-state index in [1.807, 2.05) is 11.3 Å². The lowest BCUT2D eigenvalue weighted by molar-refractivity contribution is 0.220. The van der Waals surface area contributed by atoms with Crippen LogP contribution in [0.15, 0.2) is 29.6 Å². The average Bonchev–Trinajstić information content (AvgIpc) is 2.83. The number of benzene rings is 1. The van der Waals surface area contributed by atoms with Crippen molar-refractivity contribution in [3.05, 3.63) is 35.2 Å². The molecule has 0 radical (unpaired) electrons. The monoisotopic (exact) mass is 273 g/mol. The fourth-order valence-corrected chi connectivity index (χ4v) is 4.55. The van der Waals surface area contributed by atoms with E-state index < -0.39 is 0 Å². The van der Waals surface area contributed by atoms with E-state index in [1.54, 1.807) is 5.56 Å². The highest BCUT2D eigenvalue weighted by molar-refractivity contribution is 7.17. The van der Waals surface area contributed by atoms with Gasteiger partial charge in [0.25, 0.3) is 0 Å². The summed E-state index contributed by atoms with van der Waals surface area (Å²) in [5.74, 6) is 1.69. The molecular formula is C17H23NS. The Morgan fingerprint density at radius 3 is 2.95 bits per heavy atom. The molecule has 1 heterocycles.